The van der Waals surface area contributed by atoms with Gasteiger partial charge in [-0.2, -0.15) is 0 Å². The van der Waals surface area contributed by atoms with Gasteiger partial charge in [0.1, 0.15) is 6.04 Å². The lowest BCUT2D eigenvalue weighted by Gasteiger charge is -2.24. The van der Waals surface area contributed by atoms with E-state index < -0.39 is 0 Å². The molecular weight excluding hydrogens is 342 g/mol. The number of hydrogen-bond donors (Lipinski definition) is 1. The predicted molar refractivity (Wildman–Crippen MR) is 96.4 cm³/mol. The van der Waals surface area contributed by atoms with Crippen molar-refractivity contribution >= 4 is 34.5 Å². The number of thiophene rings is 1. The van der Waals surface area contributed by atoms with E-state index in [1.807, 2.05) is 29.8 Å². The van der Waals surface area contributed by atoms with Crippen LogP contribution in [-0.2, 0) is 11.2 Å². The third-order valence-electron chi connectivity index (χ3n) is 4.22. The molecule has 1 N–H and O–H groups in total. The molecule has 3 heterocycles. The smallest absolute Gasteiger partial charge is 0.264 e. The molecule has 1 fully saturated rings. The normalized spacial score (nSPS) is 18.6. The van der Waals surface area contributed by atoms with Gasteiger partial charge in [0.25, 0.3) is 5.91 Å². The minimum absolute atomic E-state index is 0.0442. The summed E-state index contributed by atoms with van der Waals surface area (Å²) in [6.45, 7) is 4.64. The Kier molecular flexibility index (Phi) is 5.30. The summed E-state index contributed by atoms with van der Waals surface area (Å²) in [5.41, 5.74) is 0.888. The number of amides is 2. The van der Waals surface area contributed by atoms with E-state index >= 15 is 0 Å². The Bertz CT molecular complexity index is 711. The first-order valence-corrected chi connectivity index (χ1v) is 9.95. The summed E-state index contributed by atoms with van der Waals surface area (Å²) in [4.78, 5) is 32.1. The number of nitrogens with zero attached hydrogens (tertiary/aromatic N) is 2. The number of aryl methyl sites for hydroxylation is 1. The Hall–Kier alpha value is -1.73. The zero-order valence-corrected chi connectivity index (χ0v) is 15.5. The van der Waals surface area contributed by atoms with Gasteiger partial charge in [0.2, 0.25) is 5.91 Å². The first kappa shape index (κ1) is 17.1. The summed E-state index contributed by atoms with van der Waals surface area (Å²) in [5.74, 6) is -0.131. The molecule has 128 valence electrons. The Morgan fingerprint density at radius 3 is 2.96 bits per heavy atom. The summed E-state index contributed by atoms with van der Waals surface area (Å²) < 4.78 is 0. The second kappa shape index (κ2) is 7.44. The number of hydrogen-bond acceptors (Lipinski definition) is 5. The van der Waals surface area contributed by atoms with Gasteiger partial charge >= 0.3 is 0 Å². The molecule has 0 spiro atoms. The summed E-state index contributed by atoms with van der Waals surface area (Å²) in [6.07, 6.45) is 2.48. The first-order valence-electron chi connectivity index (χ1n) is 8.19. The van der Waals surface area contributed by atoms with Crippen molar-refractivity contribution in [2.45, 2.75) is 45.2 Å². The molecule has 2 aromatic rings. The van der Waals surface area contributed by atoms with Gasteiger partial charge in [0, 0.05) is 11.9 Å². The third-order valence-corrected chi connectivity index (χ3v) is 6.09. The van der Waals surface area contributed by atoms with E-state index in [4.69, 9.17) is 0 Å². The quantitative estimate of drug-likeness (QED) is 0.887. The van der Waals surface area contributed by atoms with E-state index in [1.165, 1.54) is 11.3 Å². The van der Waals surface area contributed by atoms with E-state index in [9.17, 15) is 9.59 Å². The van der Waals surface area contributed by atoms with Gasteiger partial charge in [-0.15, -0.1) is 22.7 Å². The molecule has 0 radical (unpaired) electrons. The first-order chi connectivity index (χ1) is 11.6. The zero-order chi connectivity index (χ0) is 17.1. The van der Waals surface area contributed by atoms with Crippen LogP contribution in [0.5, 0.6) is 0 Å². The molecule has 2 aromatic heterocycles. The molecule has 0 aliphatic carbocycles. The summed E-state index contributed by atoms with van der Waals surface area (Å²) in [7, 11) is 0. The minimum atomic E-state index is -0.383. The Morgan fingerprint density at radius 1 is 1.46 bits per heavy atom. The fourth-order valence-corrected chi connectivity index (χ4v) is 4.41. The maximum absolute atomic E-state index is 12.7. The van der Waals surface area contributed by atoms with E-state index in [0.717, 1.165) is 23.5 Å². The number of carbonyl (C=O) groups excluding carboxylic acids is 2. The number of carbonyl (C=O) groups is 2. The molecule has 1 aliphatic rings. The number of aromatic nitrogens is 1. The van der Waals surface area contributed by atoms with Crippen LogP contribution in [0.2, 0.25) is 0 Å². The second-order valence-electron chi connectivity index (χ2n) is 5.88. The van der Waals surface area contributed by atoms with Crippen LogP contribution in [0, 0.1) is 0 Å². The maximum atomic E-state index is 12.7. The molecule has 5 nitrogen and oxygen atoms in total. The van der Waals surface area contributed by atoms with Crippen LogP contribution in [0.4, 0.5) is 0 Å². The van der Waals surface area contributed by atoms with Crippen molar-refractivity contribution in [3.63, 3.8) is 0 Å². The molecule has 2 atom stereocenters. The monoisotopic (exact) mass is 363 g/mol. The van der Waals surface area contributed by atoms with Crippen LogP contribution in [0.25, 0.3) is 0 Å². The second-order valence-corrected chi connectivity index (χ2v) is 7.77. The molecule has 1 unspecified atom stereocenters. The van der Waals surface area contributed by atoms with Crippen LogP contribution in [-0.4, -0.2) is 34.3 Å². The predicted octanol–water partition coefficient (Wildman–Crippen LogP) is 3.25. The highest BCUT2D eigenvalue weighted by atomic mass is 32.1. The average Bonchev–Trinajstić information content (AvgIpc) is 3.34. The maximum Gasteiger partial charge on any atom is 0.264 e. The highest BCUT2D eigenvalue weighted by molar-refractivity contribution is 7.12. The molecule has 1 aliphatic heterocycles. The SMILES string of the molecule is CCc1nc(C(C)NC(=O)[C@@H]2CCCN2C(=O)c2cccs2)cs1. The van der Waals surface area contributed by atoms with Crippen LogP contribution < -0.4 is 5.32 Å². The molecule has 0 bridgehead atoms. The van der Waals surface area contributed by atoms with Gasteiger partial charge < -0.3 is 10.2 Å². The van der Waals surface area contributed by atoms with Gasteiger partial charge in [0.15, 0.2) is 0 Å². The van der Waals surface area contributed by atoms with Crippen LogP contribution in [0.3, 0.4) is 0 Å². The molecule has 24 heavy (non-hydrogen) atoms. The molecular formula is C17H21N3O2S2. The lowest BCUT2D eigenvalue weighted by molar-refractivity contribution is -0.125. The van der Waals surface area contributed by atoms with Crippen molar-refractivity contribution < 1.29 is 9.59 Å². The Balaban J connectivity index is 1.66. The fourth-order valence-electron chi connectivity index (χ4n) is 2.89. The van der Waals surface area contributed by atoms with E-state index in [-0.39, 0.29) is 23.9 Å². The lowest BCUT2D eigenvalue weighted by atomic mass is 10.1. The van der Waals surface area contributed by atoms with E-state index in [2.05, 4.69) is 17.2 Å². The van der Waals surface area contributed by atoms with Crippen molar-refractivity contribution in [1.82, 2.24) is 15.2 Å². The summed E-state index contributed by atoms with van der Waals surface area (Å²) in [5, 5.41) is 7.97. The molecule has 7 heteroatoms. The third kappa shape index (κ3) is 3.52. The molecule has 1 saturated heterocycles. The number of likely N-dealkylation sites (tertiary alicyclic amines) is 1. The summed E-state index contributed by atoms with van der Waals surface area (Å²) in [6, 6.07) is 3.14. The van der Waals surface area contributed by atoms with E-state index in [0.29, 0.717) is 17.8 Å². The zero-order valence-electron chi connectivity index (χ0n) is 13.8. The van der Waals surface area contributed by atoms with Gasteiger partial charge in [-0.3, -0.25) is 9.59 Å². The van der Waals surface area contributed by atoms with Crippen molar-refractivity contribution in [2.24, 2.45) is 0 Å². The lowest BCUT2D eigenvalue weighted by Crippen LogP contribution is -2.46. The molecule has 0 aromatic carbocycles. The standard InChI is InChI=1S/C17H21N3O2S2/c1-3-15-19-12(10-24-15)11(2)18-16(21)13-6-4-8-20(13)17(22)14-7-5-9-23-14/h5,7,9-11,13H,3-4,6,8H2,1-2H3,(H,18,21)/t11?,13-/m0/s1. The topological polar surface area (TPSA) is 62.3 Å². The van der Waals surface area contributed by atoms with Crippen molar-refractivity contribution in [3.05, 3.63) is 38.5 Å². The largest absolute Gasteiger partial charge is 0.346 e. The van der Waals surface area contributed by atoms with Crippen LogP contribution in [0.15, 0.2) is 22.9 Å². The molecule has 3 rings (SSSR count). The highest BCUT2D eigenvalue weighted by Gasteiger charge is 2.35. The van der Waals surface area contributed by atoms with Crippen molar-refractivity contribution in [1.29, 1.82) is 0 Å². The van der Waals surface area contributed by atoms with Gasteiger partial charge in [0.05, 0.1) is 21.6 Å². The molecule has 2 amide bonds. The number of rotatable bonds is 5. The Labute approximate surface area is 149 Å². The Morgan fingerprint density at radius 2 is 2.29 bits per heavy atom. The average molecular weight is 364 g/mol. The highest BCUT2D eigenvalue weighted by Crippen LogP contribution is 2.24. The fraction of sp³-hybridized carbons (Fsp3) is 0.471. The van der Waals surface area contributed by atoms with Crippen LogP contribution >= 0.6 is 22.7 Å². The van der Waals surface area contributed by atoms with Gasteiger partial charge in [-0.25, -0.2) is 4.98 Å². The number of thiazole rings is 1. The van der Waals surface area contributed by atoms with Crippen molar-refractivity contribution in [2.75, 3.05) is 6.54 Å². The van der Waals surface area contributed by atoms with Crippen molar-refractivity contribution in [3.8, 4) is 0 Å². The number of nitrogens with one attached hydrogen (secondary N) is 1. The van der Waals surface area contributed by atoms with Gasteiger partial charge in [-0.05, 0) is 37.6 Å². The van der Waals surface area contributed by atoms with Crippen LogP contribution in [0.1, 0.15) is 53.1 Å². The molecule has 0 saturated carbocycles. The van der Waals surface area contributed by atoms with E-state index in [1.54, 1.807) is 16.2 Å². The van der Waals surface area contributed by atoms with Gasteiger partial charge in [-0.1, -0.05) is 13.0 Å². The minimum Gasteiger partial charge on any atom is -0.346 e. The summed E-state index contributed by atoms with van der Waals surface area (Å²) >= 11 is 3.03.